The second kappa shape index (κ2) is 8.07. The second-order valence-corrected chi connectivity index (χ2v) is 10.5. The van der Waals surface area contributed by atoms with Gasteiger partial charge in [0.05, 0.1) is 6.54 Å². The number of aromatic nitrogens is 1. The summed E-state index contributed by atoms with van der Waals surface area (Å²) in [7, 11) is 0. The summed E-state index contributed by atoms with van der Waals surface area (Å²) in [5.41, 5.74) is 3.04. The predicted molar refractivity (Wildman–Crippen MR) is 138 cm³/mol. The van der Waals surface area contributed by atoms with Gasteiger partial charge in [0.25, 0.3) is 5.91 Å². The van der Waals surface area contributed by atoms with Gasteiger partial charge in [0, 0.05) is 34.0 Å². The van der Waals surface area contributed by atoms with Gasteiger partial charge in [0.1, 0.15) is 17.8 Å². The van der Waals surface area contributed by atoms with Crippen molar-refractivity contribution in [2.24, 2.45) is 0 Å². The third-order valence-electron chi connectivity index (χ3n) is 7.04. The highest BCUT2D eigenvalue weighted by Gasteiger charge is 2.57. The van der Waals surface area contributed by atoms with E-state index < -0.39 is 5.41 Å². The molecule has 0 bridgehead atoms. The summed E-state index contributed by atoms with van der Waals surface area (Å²) < 4.78 is 17.2. The number of thiazole rings is 1. The highest BCUT2D eigenvalue weighted by Crippen LogP contribution is 2.55. The summed E-state index contributed by atoms with van der Waals surface area (Å²) in [5, 5.41) is 3.39. The minimum atomic E-state index is -0.946. The Morgan fingerprint density at radius 1 is 1.03 bits per heavy atom. The van der Waals surface area contributed by atoms with E-state index in [2.05, 4.69) is 10.3 Å². The number of aryl methyl sites for hydroxylation is 1. The minimum Gasteiger partial charge on any atom is -0.491 e. The Bertz CT molecular complexity index is 1580. The van der Waals surface area contributed by atoms with Gasteiger partial charge in [-0.25, -0.2) is 4.98 Å². The van der Waals surface area contributed by atoms with Crippen LogP contribution in [0.25, 0.3) is 0 Å². The number of nitrogens with zero attached hydrogens (tertiary/aromatic N) is 2. The van der Waals surface area contributed by atoms with Crippen molar-refractivity contribution in [1.29, 1.82) is 0 Å². The van der Waals surface area contributed by atoms with Gasteiger partial charge in [-0.05, 0) is 42.3 Å². The van der Waals surface area contributed by atoms with E-state index in [1.807, 2.05) is 55.5 Å². The van der Waals surface area contributed by atoms with Gasteiger partial charge in [-0.15, -0.1) is 11.3 Å². The van der Waals surface area contributed by atoms with Crippen LogP contribution in [0.5, 0.6) is 17.2 Å². The van der Waals surface area contributed by atoms with Crippen molar-refractivity contribution >= 4 is 34.0 Å². The van der Waals surface area contributed by atoms with Crippen molar-refractivity contribution < 1.29 is 23.8 Å². The Morgan fingerprint density at radius 3 is 2.59 bits per heavy atom. The Kier molecular flexibility index (Phi) is 4.77. The molecule has 1 aromatic heterocycles. The van der Waals surface area contributed by atoms with Crippen molar-refractivity contribution in [3.8, 4) is 17.2 Å². The maximum Gasteiger partial charge on any atom is 0.257 e. The zero-order chi connectivity index (χ0) is 25.1. The molecular weight excluding hydrogens is 490 g/mol. The Labute approximate surface area is 216 Å². The zero-order valence-electron chi connectivity index (χ0n) is 19.8. The molecule has 184 valence electrons. The van der Waals surface area contributed by atoms with Crippen LogP contribution in [0, 0.1) is 6.92 Å². The minimum absolute atomic E-state index is 0.0488. The van der Waals surface area contributed by atoms with Crippen molar-refractivity contribution in [3.05, 3.63) is 94.0 Å². The number of carbonyl (C=O) groups excluding carboxylic acids is 2. The van der Waals surface area contributed by atoms with Crippen LogP contribution in [0.4, 0.5) is 10.8 Å². The van der Waals surface area contributed by atoms with Gasteiger partial charge in [0.2, 0.25) is 12.7 Å². The molecular formula is C28H21N3O5S. The first-order valence-electron chi connectivity index (χ1n) is 11.8. The molecule has 0 radical (unpaired) electrons. The normalized spacial score (nSPS) is 18.6. The molecule has 1 unspecified atom stereocenters. The molecule has 4 heterocycles. The average molecular weight is 512 g/mol. The van der Waals surface area contributed by atoms with Gasteiger partial charge in [-0.3, -0.25) is 14.9 Å². The topological polar surface area (TPSA) is 90.0 Å². The fourth-order valence-corrected chi connectivity index (χ4v) is 5.91. The van der Waals surface area contributed by atoms with E-state index in [4.69, 9.17) is 14.2 Å². The predicted octanol–water partition coefficient (Wildman–Crippen LogP) is 4.66. The number of fused-ring (bicyclic) bond motifs is 5. The van der Waals surface area contributed by atoms with Crippen LogP contribution in [0.3, 0.4) is 0 Å². The van der Waals surface area contributed by atoms with Crippen molar-refractivity contribution in [1.82, 2.24) is 4.98 Å². The fourth-order valence-electron chi connectivity index (χ4n) is 5.25. The number of hydrogen-bond donors (Lipinski definition) is 1. The van der Waals surface area contributed by atoms with E-state index in [1.165, 1.54) is 11.3 Å². The lowest BCUT2D eigenvalue weighted by Crippen LogP contribution is -2.42. The first-order chi connectivity index (χ1) is 18.0. The van der Waals surface area contributed by atoms with E-state index in [-0.39, 0.29) is 25.2 Å². The second-order valence-electron chi connectivity index (χ2n) is 9.23. The molecule has 0 saturated heterocycles. The van der Waals surface area contributed by atoms with Crippen LogP contribution in [-0.2, 0) is 16.8 Å². The average Bonchev–Trinajstić information content (AvgIpc) is 3.68. The van der Waals surface area contributed by atoms with Gasteiger partial charge >= 0.3 is 0 Å². The zero-order valence-corrected chi connectivity index (χ0v) is 20.6. The molecule has 1 N–H and O–H groups in total. The van der Waals surface area contributed by atoms with E-state index in [1.54, 1.807) is 23.2 Å². The summed E-state index contributed by atoms with van der Waals surface area (Å²) >= 11 is 1.43. The lowest BCUT2D eigenvalue weighted by molar-refractivity contribution is -0.122. The van der Waals surface area contributed by atoms with E-state index in [0.717, 1.165) is 27.3 Å². The van der Waals surface area contributed by atoms with Gasteiger partial charge in [0.15, 0.2) is 16.6 Å². The maximum atomic E-state index is 14.1. The smallest absolute Gasteiger partial charge is 0.257 e. The Balaban J connectivity index is 1.18. The quantitative estimate of drug-likeness (QED) is 0.429. The van der Waals surface area contributed by atoms with Crippen LogP contribution in [0.1, 0.15) is 31.9 Å². The largest absolute Gasteiger partial charge is 0.491 e. The number of anilines is 2. The lowest BCUT2D eigenvalue weighted by Gasteiger charge is -2.23. The number of carbonyl (C=O) groups is 2. The Hall–Kier alpha value is -4.37. The molecule has 0 fully saturated rings. The molecule has 3 aromatic carbocycles. The number of benzene rings is 3. The molecule has 0 saturated carbocycles. The summed E-state index contributed by atoms with van der Waals surface area (Å²) in [6.45, 7) is 2.67. The number of rotatable bonds is 4. The number of hydrogen-bond acceptors (Lipinski definition) is 7. The standard InChI is InChI=1S/C28H21N3O5S/c1-16-12-29-27(37-16)30-25(32)18-8-6-17(7-9-18)13-31-21-5-3-2-4-19(21)28(26(31)33)14-34-22-11-24-23(10-20(22)28)35-15-36-24/h2-12H,13-15H2,1H3,(H,29,30,32). The fraction of sp³-hybridized carbons (Fsp3) is 0.179. The maximum absolute atomic E-state index is 14.1. The van der Waals surface area contributed by atoms with Gasteiger partial charge < -0.3 is 19.1 Å². The lowest BCUT2D eigenvalue weighted by atomic mass is 9.77. The molecule has 3 aliphatic heterocycles. The molecule has 1 spiro atoms. The monoisotopic (exact) mass is 511 g/mol. The summed E-state index contributed by atoms with van der Waals surface area (Å²) in [5.74, 6) is 1.61. The van der Waals surface area contributed by atoms with Crippen LogP contribution < -0.4 is 24.4 Å². The van der Waals surface area contributed by atoms with Crippen LogP contribution >= 0.6 is 11.3 Å². The first-order valence-corrected chi connectivity index (χ1v) is 12.7. The molecule has 7 rings (SSSR count). The summed E-state index contributed by atoms with van der Waals surface area (Å²) in [6.07, 6.45) is 1.73. The van der Waals surface area contributed by atoms with Gasteiger partial charge in [-0.2, -0.15) is 0 Å². The van der Waals surface area contributed by atoms with E-state index >= 15 is 0 Å². The van der Waals surface area contributed by atoms with E-state index in [0.29, 0.717) is 34.5 Å². The molecule has 37 heavy (non-hydrogen) atoms. The highest BCUT2D eigenvalue weighted by atomic mass is 32.1. The number of nitrogens with one attached hydrogen (secondary N) is 1. The van der Waals surface area contributed by atoms with Crippen LogP contribution in [0.15, 0.2) is 66.9 Å². The first kappa shape index (κ1) is 21.9. The molecule has 0 aliphatic carbocycles. The van der Waals surface area contributed by atoms with Gasteiger partial charge in [-0.1, -0.05) is 30.3 Å². The summed E-state index contributed by atoms with van der Waals surface area (Å²) in [4.78, 5) is 33.8. The van der Waals surface area contributed by atoms with Crippen molar-refractivity contribution in [2.75, 3.05) is 23.6 Å². The third kappa shape index (κ3) is 3.31. The van der Waals surface area contributed by atoms with E-state index in [9.17, 15) is 9.59 Å². The molecule has 9 heteroatoms. The molecule has 8 nitrogen and oxygen atoms in total. The van der Waals surface area contributed by atoms with Crippen LogP contribution in [-0.4, -0.2) is 30.2 Å². The highest BCUT2D eigenvalue weighted by molar-refractivity contribution is 7.15. The molecule has 2 amide bonds. The Morgan fingerprint density at radius 2 is 1.81 bits per heavy atom. The third-order valence-corrected chi connectivity index (χ3v) is 7.87. The summed E-state index contributed by atoms with van der Waals surface area (Å²) in [6, 6.07) is 18.8. The van der Waals surface area contributed by atoms with Crippen molar-refractivity contribution in [2.45, 2.75) is 18.9 Å². The molecule has 3 aliphatic rings. The number of amides is 2. The molecule has 1 atom stereocenters. The SMILES string of the molecule is Cc1cnc(NC(=O)c2ccc(CN3C(=O)C4(COc5cc6c(cc54)OCO6)c4ccccc43)cc2)s1. The molecule has 4 aromatic rings. The number of ether oxygens (including phenoxy) is 3. The van der Waals surface area contributed by atoms with Crippen LogP contribution in [0.2, 0.25) is 0 Å². The number of para-hydroxylation sites is 1. The van der Waals surface area contributed by atoms with Crippen molar-refractivity contribution in [3.63, 3.8) is 0 Å².